The second-order valence-corrected chi connectivity index (χ2v) is 7.45. The molecule has 9 nitrogen and oxygen atoms in total. The number of nitro groups is 1. The van der Waals surface area contributed by atoms with Crippen molar-refractivity contribution >= 4 is 21.8 Å². The first-order valence-electron chi connectivity index (χ1n) is 7.66. The molecule has 0 aromatic heterocycles. The first kappa shape index (κ1) is 23.6. The van der Waals surface area contributed by atoms with Crippen molar-refractivity contribution in [2.45, 2.75) is 45.4 Å². The molecule has 0 aliphatic rings. The Kier molecular flexibility index (Phi) is 7.01. The van der Waals surface area contributed by atoms with Crippen molar-refractivity contribution in [1.82, 2.24) is 0 Å². The van der Waals surface area contributed by atoms with Crippen LogP contribution in [0.25, 0.3) is 0 Å². The molecular formula is C15H18F3NO8S. The second kappa shape index (κ2) is 8.31. The van der Waals surface area contributed by atoms with E-state index in [2.05, 4.69) is 8.92 Å². The minimum Gasteiger partial charge on any atom is -0.467 e. The first-order chi connectivity index (χ1) is 12.6. The van der Waals surface area contributed by atoms with Crippen molar-refractivity contribution < 1.29 is 45.0 Å². The number of carbonyl (C=O) groups is 1. The lowest BCUT2D eigenvalue weighted by Crippen LogP contribution is -2.29. The minimum absolute atomic E-state index is 0.0680. The average Bonchev–Trinajstić information content (AvgIpc) is 2.53. The lowest BCUT2D eigenvalue weighted by molar-refractivity contribution is -0.386. The third-order valence-electron chi connectivity index (χ3n) is 3.50. The predicted octanol–water partition coefficient (Wildman–Crippen LogP) is 3.08. The Morgan fingerprint density at radius 1 is 1.25 bits per heavy atom. The molecular weight excluding hydrogens is 411 g/mol. The van der Waals surface area contributed by atoms with E-state index in [0.717, 1.165) is 27.0 Å². The fourth-order valence-corrected chi connectivity index (χ4v) is 2.81. The lowest BCUT2D eigenvalue weighted by Gasteiger charge is -2.22. The molecule has 0 heterocycles. The van der Waals surface area contributed by atoms with Crippen molar-refractivity contribution in [2.24, 2.45) is 0 Å². The van der Waals surface area contributed by atoms with Crippen LogP contribution in [0.5, 0.6) is 5.75 Å². The van der Waals surface area contributed by atoms with Gasteiger partial charge in [0.1, 0.15) is 0 Å². The molecule has 0 unspecified atom stereocenters. The first-order valence-corrected chi connectivity index (χ1v) is 9.07. The van der Waals surface area contributed by atoms with Gasteiger partial charge in [0.15, 0.2) is 6.10 Å². The highest BCUT2D eigenvalue weighted by Gasteiger charge is 2.50. The summed E-state index contributed by atoms with van der Waals surface area (Å²) in [5.41, 5.74) is -7.51. The van der Waals surface area contributed by atoms with Gasteiger partial charge in [-0.15, -0.1) is 0 Å². The van der Waals surface area contributed by atoms with Crippen molar-refractivity contribution in [3.63, 3.8) is 0 Å². The maximum Gasteiger partial charge on any atom is 0.534 e. The molecule has 0 bridgehead atoms. The van der Waals surface area contributed by atoms with E-state index >= 15 is 0 Å². The number of hydrogen-bond acceptors (Lipinski definition) is 8. The molecule has 0 N–H and O–H groups in total. The maximum absolute atomic E-state index is 12.6. The standard InChI is InChI=1S/C15H18F3NO8S/c1-7(2)26-13(14(20)25-5)10-6-8(3)12(11(9(10)4)19(21)22)27-28(23,24)15(16,17)18/h6-7,13H,1-5H3/t13-/m0/s1. The van der Waals surface area contributed by atoms with Crippen molar-refractivity contribution in [2.75, 3.05) is 7.11 Å². The molecule has 0 aliphatic heterocycles. The number of esters is 1. The van der Waals surface area contributed by atoms with E-state index in [1.165, 1.54) is 0 Å². The normalized spacial score (nSPS) is 13.3. The number of nitro benzene ring substituents is 1. The highest BCUT2D eigenvalue weighted by atomic mass is 32.2. The van der Waals surface area contributed by atoms with Gasteiger partial charge in [0.2, 0.25) is 5.75 Å². The molecule has 0 amide bonds. The van der Waals surface area contributed by atoms with Gasteiger partial charge in [-0.3, -0.25) is 10.1 Å². The van der Waals surface area contributed by atoms with Crippen LogP contribution >= 0.6 is 0 Å². The van der Waals surface area contributed by atoms with Gasteiger partial charge in [0, 0.05) is 16.7 Å². The Morgan fingerprint density at radius 3 is 2.18 bits per heavy atom. The number of hydrogen-bond donors (Lipinski definition) is 0. The van der Waals surface area contributed by atoms with Gasteiger partial charge in [0.25, 0.3) is 0 Å². The molecule has 158 valence electrons. The summed E-state index contributed by atoms with van der Waals surface area (Å²) in [5.74, 6) is -2.00. The minimum atomic E-state index is -6.15. The molecule has 0 fully saturated rings. The van der Waals surface area contributed by atoms with Crippen LogP contribution in [-0.2, 0) is 24.4 Å². The van der Waals surface area contributed by atoms with E-state index in [0.29, 0.717) is 0 Å². The van der Waals surface area contributed by atoms with E-state index < -0.39 is 50.2 Å². The van der Waals surface area contributed by atoms with Crippen LogP contribution in [0.2, 0.25) is 0 Å². The summed E-state index contributed by atoms with van der Waals surface area (Å²) in [4.78, 5) is 22.4. The predicted molar refractivity (Wildman–Crippen MR) is 89.2 cm³/mol. The van der Waals surface area contributed by atoms with Gasteiger partial charge in [-0.25, -0.2) is 4.79 Å². The Labute approximate surface area is 158 Å². The molecule has 1 aromatic carbocycles. The number of benzene rings is 1. The summed E-state index contributed by atoms with van der Waals surface area (Å²) < 4.78 is 74.5. The van der Waals surface area contributed by atoms with Crippen LogP contribution in [0.1, 0.15) is 36.6 Å². The summed E-state index contributed by atoms with van der Waals surface area (Å²) in [7, 11) is -5.09. The van der Waals surface area contributed by atoms with Crippen LogP contribution in [-0.4, -0.2) is 38.0 Å². The summed E-state index contributed by atoms with van der Waals surface area (Å²) >= 11 is 0. The number of ether oxygens (including phenoxy) is 2. The third-order valence-corrected chi connectivity index (χ3v) is 4.45. The zero-order valence-electron chi connectivity index (χ0n) is 15.5. The average molecular weight is 429 g/mol. The summed E-state index contributed by atoms with van der Waals surface area (Å²) in [6.45, 7) is 5.39. The van der Waals surface area contributed by atoms with Crippen LogP contribution < -0.4 is 4.18 Å². The molecule has 28 heavy (non-hydrogen) atoms. The Bertz CT molecular complexity index is 880. The summed E-state index contributed by atoms with van der Waals surface area (Å²) in [6.07, 6.45) is -1.93. The van der Waals surface area contributed by atoms with Crippen LogP contribution in [0.15, 0.2) is 6.07 Å². The molecule has 1 atom stereocenters. The van der Waals surface area contributed by atoms with Gasteiger partial charge in [-0.05, 0) is 33.8 Å². The highest BCUT2D eigenvalue weighted by molar-refractivity contribution is 7.88. The van der Waals surface area contributed by atoms with Crippen molar-refractivity contribution in [3.05, 3.63) is 32.9 Å². The lowest BCUT2D eigenvalue weighted by atomic mass is 9.97. The second-order valence-electron chi connectivity index (χ2n) is 5.91. The largest absolute Gasteiger partial charge is 0.534 e. The van der Waals surface area contributed by atoms with Crippen LogP contribution in [0.4, 0.5) is 18.9 Å². The fraction of sp³-hybridized carbons (Fsp3) is 0.533. The number of nitrogens with zero attached hydrogens (tertiary/aromatic N) is 1. The van der Waals surface area contributed by atoms with Gasteiger partial charge in [-0.1, -0.05) is 0 Å². The van der Waals surface area contributed by atoms with Crippen molar-refractivity contribution in [1.29, 1.82) is 0 Å². The van der Waals surface area contributed by atoms with Gasteiger partial charge < -0.3 is 13.7 Å². The summed E-state index contributed by atoms with van der Waals surface area (Å²) in [5, 5.41) is 11.5. The van der Waals surface area contributed by atoms with Crippen LogP contribution in [0.3, 0.4) is 0 Å². The maximum atomic E-state index is 12.6. The Morgan fingerprint density at radius 2 is 1.79 bits per heavy atom. The van der Waals surface area contributed by atoms with E-state index in [1.807, 2.05) is 0 Å². The number of aryl methyl sites for hydroxylation is 1. The molecule has 0 saturated heterocycles. The van der Waals surface area contributed by atoms with Gasteiger partial charge in [0.05, 0.1) is 18.1 Å². The zero-order chi connectivity index (χ0) is 22.0. The van der Waals surface area contributed by atoms with E-state index in [-0.39, 0.29) is 16.7 Å². The van der Waals surface area contributed by atoms with E-state index in [1.54, 1.807) is 13.8 Å². The molecule has 0 saturated carbocycles. The molecule has 0 radical (unpaired) electrons. The van der Waals surface area contributed by atoms with E-state index in [4.69, 9.17) is 4.74 Å². The number of rotatable bonds is 7. The monoisotopic (exact) mass is 429 g/mol. The topological polar surface area (TPSA) is 122 Å². The molecule has 1 aromatic rings. The zero-order valence-corrected chi connectivity index (χ0v) is 16.3. The molecule has 13 heteroatoms. The number of methoxy groups -OCH3 is 1. The number of carbonyl (C=O) groups excluding carboxylic acids is 1. The Hall–Kier alpha value is -2.41. The Balaban J connectivity index is 3.72. The quantitative estimate of drug-likeness (QED) is 0.213. The van der Waals surface area contributed by atoms with E-state index in [9.17, 15) is 36.5 Å². The third kappa shape index (κ3) is 4.90. The van der Waals surface area contributed by atoms with Crippen molar-refractivity contribution in [3.8, 4) is 5.75 Å². The van der Waals surface area contributed by atoms with Crippen LogP contribution in [0, 0.1) is 24.0 Å². The van der Waals surface area contributed by atoms with Gasteiger partial charge in [-0.2, -0.15) is 21.6 Å². The number of alkyl halides is 3. The van der Waals surface area contributed by atoms with Gasteiger partial charge >= 0.3 is 27.3 Å². The summed E-state index contributed by atoms with van der Waals surface area (Å²) in [6, 6.07) is 1.08. The fourth-order valence-electron chi connectivity index (χ4n) is 2.29. The smallest absolute Gasteiger partial charge is 0.467 e. The SMILES string of the molecule is COC(=O)[C@@H](OC(C)C)c1cc(C)c(OS(=O)(=O)C(F)(F)F)c([N+](=O)[O-])c1C. The molecule has 0 spiro atoms. The molecule has 1 rings (SSSR count). The highest BCUT2D eigenvalue weighted by Crippen LogP contribution is 2.41. The molecule has 0 aliphatic carbocycles. The number of halogens is 3.